The lowest BCUT2D eigenvalue weighted by atomic mass is 9.98. The van der Waals surface area contributed by atoms with Crippen molar-refractivity contribution >= 4 is 37.7 Å². The van der Waals surface area contributed by atoms with Gasteiger partial charge in [0.1, 0.15) is 5.84 Å². The predicted molar refractivity (Wildman–Crippen MR) is 99.7 cm³/mol. The molecule has 0 N–H and O–H groups in total. The molecule has 6 heteroatoms. The van der Waals surface area contributed by atoms with Gasteiger partial charge in [0.25, 0.3) is 0 Å². The summed E-state index contributed by atoms with van der Waals surface area (Å²) >= 11 is 7.27. The van der Waals surface area contributed by atoms with E-state index in [2.05, 4.69) is 66.9 Å². The van der Waals surface area contributed by atoms with Crippen LogP contribution in [-0.2, 0) is 0 Å². The predicted octanol–water partition coefficient (Wildman–Crippen LogP) is 4.77. The zero-order valence-corrected chi connectivity index (χ0v) is 16.4. The molecule has 2 aliphatic rings. The fraction of sp³-hybridized carbons (Fsp3) is 0.353. The van der Waals surface area contributed by atoms with Crippen molar-refractivity contribution in [2.45, 2.75) is 19.4 Å². The average molecular weight is 442 g/mol. The van der Waals surface area contributed by atoms with Gasteiger partial charge in [0.05, 0.1) is 24.7 Å². The Kier molecular flexibility index (Phi) is 4.82. The first-order valence-corrected chi connectivity index (χ1v) is 8.95. The second-order valence-corrected chi connectivity index (χ2v) is 7.13. The molecule has 1 atom stereocenters. The highest BCUT2D eigenvalue weighted by Crippen LogP contribution is 2.41. The smallest absolute Gasteiger partial charge is 0.161 e. The van der Waals surface area contributed by atoms with Crippen LogP contribution in [0.4, 0.5) is 0 Å². The van der Waals surface area contributed by atoms with E-state index in [1.165, 1.54) is 5.56 Å². The zero-order valence-electron chi connectivity index (χ0n) is 13.3. The molecule has 0 amide bonds. The molecule has 1 unspecified atom stereocenters. The van der Waals surface area contributed by atoms with Crippen LogP contribution in [0.1, 0.15) is 24.9 Å². The van der Waals surface area contributed by atoms with Gasteiger partial charge in [-0.05, 0) is 69.0 Å². The molecule has 23 heavy (non-hydrogen) atoms. The lowest BCUT2D eigenvalue weighted by Gasteiger charge is -2.40. The van der Waals surface area contributed by atoms with Crippen LogP contribution in [0.2, 0.25) is 0 Å². The monoisotopic (exact) mass is 440 g/mol. The van der Waals surface area contributed by atoms with E-state index in [9.17, 15) is 0 Å². The van der Waals surface area contributed by atoms with Crippen molar-refractivity contribution < 1.29 is 9.47 Å². The lowest BCUT2D eigenvalue weighted by molar-refractivity contribution is 0.336. The molecule has 2 heterocycles. The second-order valence-electron chi connectivity index (χ2n) is 5.42. The number of benzene rings is 1. The quantitative estimate of drug-likeness (QED) is 0.677. The Morgan fingerprint density at radius 2 is 1.91 bits per heavy atom. The van der Waals surface area contributed by atoms with E-state index in [0.717, 1.165) is 45.0 Å². The van der Waals surface area contributed by atoms with E-state index in [1.807, 2.05) is 6.07 Å². The van der Waals surface area contributed by atoms with Gasteiger partial charge in [-0.25, -0.2) is 0 Å². The van der Waals surface area contributed by atoms with Crippen molar-refractivity contribution in [1.82, 2.24) is 4.90 Å². The standard InChI is InChI=1S/C17H18Br2N2O2/c1-10-12(18)9-13(19)17-20-7-6-14(21(10)17)11-4-5-15(22-2)16(8-11)23-3/h4-5,8-9,14H,6-7H2,1-3H3. The third-order valence-corrected chi connectivity index (χ3v) is 5.56. The molecule has 122 valence electrons. The summed E-state index contributed by atoms with van der Waals surface area (Å²) in [6.07, 6.45) is 3.01. The van der Waals surface area contributed by atoms with Gasteiger partial charge < -0.3 is 14.4 Å². The first kappa shape index (κ1) is 16.6. The molecule has 4 nitrogen and oxygen atoms in total. The summed E-state index contributed by atoms with van der Waals surface area (Å²) in [5, 5.41) is 0. The molecule has 0 aliphatic carbocycles. The van der Waals surface area contributed by atoms with Gasteiger partial charge in [-0.1, -0.05) is 6.07 Å². The van der Waals surface area contributed by atoms with E-state index in [4.69, 9.17) is 9.47 Å². The fourth-order valence-corrected chi connectivity index (χ4v) is 4.27. The molecule has 0 spiro atoms. The number of nitrogens with zero attached hydrogens (tertiary/aromatic N) is 2. The number of ether oxygens (including phenoxy) is 2. The Hall–Kier alpha value is -1.27. The van der Waals surface area contributed by atoms with Crippen LogP contribution in [0.15, 0.2) is 43.9 Å². The van der Waals surface area contributed by atoms with E-state index < -0.39 is 0 Å². The number of allylic oxidation sites excluding steroid dienone is 3. The van der Waals surface area contributed by atoms with Gasteiger partial charge in [-0.15, -0.1) is 0 Å². The van der Waals surface area contributed by atoms with Crippen molar-refractivity contribution in [3.8, 4) is 11.5 Å². The summed E-state index contributed by atoms with van der Waals surface area (Å²) in [6.45, 7) is 2.91. The highest BCUT2D eigenvalue weighted by molar-refractivity contribution is 9.12. The second kappa shape index (κ2) is 6.69. The van der Waals surface area contributed by atoms with Crippen LogP contribution in [0, 0.1) is 0 Å². The zero-order chi connectivity index (χ0) is 16.6. The largest absolute Gasteiger partial charge is 0.493 e. The van der Waals surface area contributed by atoms with Gasteiger partial charge in [0, 0.05) is 16.7 Å². The number of amidine groups is 1. The van der Waals surface area contributed by atoms with Crippen LogP contribution in [0.5, 0.6) is 11.5 Å². The van der Waals surface area contributed by atoms with Crippen LogP contribution in [-0.4, -0.2) is 31.5 Å². The van der Waals surface area contributed by atoms with E-state index in [0.29, 0.717) is 0 Å². The Bertz CT molecular complexity index is 725. The Morgan fingerprint density at radius 1 is 1.17 bits per heavy atom. The van der Waals surface area contributed by atoms with Gasteiger partial charge in [0.2, 0.25) is 0 Å². The van der Waals surface area contributed by atoms with Gasteiger partial charge >= 0.3 is 0 Å². The number of hydrogen-bond acceptors (Lipinski definition) is 4. The maximum Gasteiger partial charge on any atom is 0.161 e. The number of fused-ring (bicyclic) bond motifs is 1. The number of rotatable bonds is 3. The topological polar surface area (TPSA) is 34.1 Å². The molecule has 0 saturated heterocycles. The molecule has 0 saturated carbocycles. The molecule has 1 aromatic rings. The maximum absolute atomic E-state index is 5.46. The molecule has 1 aromatic carbocycles. The van der Waals surface area contributed by atoms with E-state index in [1.54, 1.807) is 14.2 Å². The third kappa shape index (κ3) is 2.94. The average Bonchev–Trinajstić information content (AvgIpc) is 2.58. The maximum atomic E-state index is 5.46. The SMILES string of the molecule is COc1ccc(C2CCN=C3C(Br)=CC(Br)=C(C)N32)cc1OC. The molecular formula is C17H18Br2N2O2. The van der Waals surface area contributed by atoms with Gasteiger partial charge in [-0.3, -0.25) is 4.99 Å². The van der Waals surface area contributed by atoms with Crippen LogP contribution >= 0.6 is 31.9 Å². The molecule has 0 bridgehead atoms. The van der Waals surface area contributed by atoms with Gasteiger partial charge in [-0.2, -0.15) is 0 Å². The first-order valence-electron chi connectivity index (χ1n) is 7.36. The number of aliphatic imine (C=N–C) groups is 1. The van der Waals surface area contributed by atoms with Crippen LogP contribution in [0.3, 0.4) is 0 Å². The summed E-state index contributed by atoms with van der Waals surface area (Å²) in [7, 11) is 3.32. The third-order valence-electron chi connectivity index (χ3n) is 4.17. The molecule has 0 aromatic heterocycles. The summed E-state index contributed by atoms with van der Waals surface area (Å²) in [4.78, 5) is 6.96. The summed E-state index contributed by atoms with van der Waals surface area (Å²) < 4.78 is 12.9. The fourth-order valence-electron chi connectivity index (χ4n) is 3.00. The molecular weight excluding hydrogens is 424 g/mol. The highest BCUT2D eigenvalue weighted by Gasteiger charge is 2.33. The number of halogens is 2. The molecule has 3 rings (SSSR count). The van der Waals surface area contributed by atoms with Crippen molar-refractivity contribution in [3.05, 3.63) is 44.5 Å². The van der Waals surface area contributed by atoms with Gasteiger partial charge in [0.15, 0.2) is 11.5 Å². The first-order chi connectivity index (χ1) is 11.1. The summed E-state index contributed by atoms with van der Waals surface area (Å²) in [5.41, 5.74) is 2.35. The van der Waals surface area contributed by atoms with Crippen molar-refractivity contribution in [2.24, 2.45) is 4.99 Å². The minimum absolute atomic E-state index is 0.219. The Morgan fingerprint density at radius 3 is 2.61 bits per heavy atom. The number of hydrogen-bond donors (Lipinski definition) is 0. The van der Waals surface area contributed by atoms with Crippen molar-refractivity contribution in [2.75, 3.05) is 20.8 Å². The molecule has 2 aliphatic heterocycles. The summed E-state index contributed by atoms with van der Waals surface area (Å²) in [6, 6.07) is 6.33. The summed E-state index contributed by atoms with van der Waals surface area (Å²) in [5.74, 6) is 2.48. The number of methoxy groups -OCH3 is 2. The Balaban J connectivity index is 2.04. The molecule has 0 fully saturated rings. The van der Waals surface area contributed by atoms with Crippen LogP contribution in [0.25, 0.3) is 0 Å². The van der Waals surface area contributed by atoms with Crippen molar-refractivity contribution in [3.63, 3.8) is 0 Å². The van der Waals surface area contributed by atoms with E-state index in [-0.39, 0.29) is 6.04 Å². The highest BCUT2D eigenvalue weighted by atomic mass is 79.9. The normalized spacial score (nSPS) is 20.7. The lowest BCUT2D eigenvalue weighted by Crippen LogP contribution is -2.39. The van der Waals surface area contributed by atoms with Crippen LogP contribution < -0.4 is 9.47 Å². The molecule has 0 radical (unpaired) electrons. The van der Waals surface area contributed by atoms with Crippen molar-refractivity contribution in [1.29, 1.82) is 0 Å². The minimum Gasteiger partial charge on any atom is -0.493 e. The Labute approximate surface area is 153 Å². The van der Waals surface area contributed by atoms with E-state index >= 15 is 0 Å². The minimum atomic E-state index is 0.219.